The molecule has 45 heavy (non-hydrogen) atoms. The summed E-state index contributed by atoms with van der Waals surface area (Å²) in [4.78, 5) is 54.9. The monoisotopic (exact) mass is 638 g/mol. The van der Waals surface area contributed by atoms with Gasteiger partial charge in [-0.05, 0) is 30.7 Å². The number of carboxylic acids is 2. The van der Waals surface area contributed by atoms with Crippen LogP contribution >= 0.6 is 0 Å². The molecule has 0 radical (unpaired) electrons. The van der Waals surface area contributed by atoms with Crippen molar-refractivity contribution in [3.8, 4) is 0 Å². The van der Waals surface area contributed by atoms with Crippen LogP contribution in [0.2, 0.25) is 0 Å². The number of ether oxygens (including phenoxy) is 1. The minimum atomic E-state index is -1.35. The maximum Gasteiger partial charge on any atom is 0.326 e. The predicted octanol–water partition coefficient (Wildman–Crippen LogP) is -3.51. The Morgan fingerprint density at radius 3 is 2.42 bits per heavy atom. The molecule has 1 saturated heterocycles. The fraction of sp³-hybridized carbons (Fsp3) is 0.500. The van der Waals surface area contributed by atoms with Crippen LogP contribution in [0.15, 0.2) is 29.1 Å². The van der Waals surface area contributed by atoms with Crippen molar-refractivity contribution in [2.45, 2.75) is 55.6 Å². The zero-order valence-electron chi connectivity index (χ0n) is 24.2. The number of benzene rings is 1. The highest BCUT2D eigenvalue weighted by molar-refractivity contribution is 5.97. The maximum absolute atomic E-state index is 12.3. The second-order valence-electron chi connectivity index (χ2n) is 10.4. The molecule has 2 aliphatic rings. The Balaban J connectivity index is 0.000000385. The summed E-state index contributed by atoms with van der Waals surface area (Å²) in [7, 11) is 1.79. The lowest BCUT2D eigenvalue weighted by molar-refractivity contribution is -0.248. The zero-order valence-corrected chi connectivity index (χ0v) is 24.2. The first-order valence-corrected chi connectivity index (χ1v) is 13.7. The van der Waals surface area contributed by atoms with E-state index >= 15 is 0 Å². The summed E-state index contributed by atoms with van der Waals surface area (Å²) in [6.45, 7) is 0.538. The van der Waals surface area contributed by atoms with Crippen LogP contribution in [0.3, 0.4) is 0 Å². The Bertz CT molecular complexity index is 1390. The maximum atomic E-state index is 12.3. The fourth-order valence-corrected chi connectivity index (χ4v) is 4.54. The van der Waals surface area contributed by atoms with Crippen molar-refractivity contribution in [3.05, 3.63) is 40.2 Å². The Morgan fingerprint density at radius 1 is 1.16 bits per heavy atom. The van der Waals surface area contributed by atoms with E-state index in [0.717, 1.165) is 5.69 Å². The summed E-state index contributed by atoms with van der Waals surface area (Å²) in [5.41, 5.74) is 11.9. The smallest absolute Gasteiger partial charge is 0.326 e. The fourth-order valence-electron chi connectivity index (χ4n) is 4.54. The number of hydrogen-bond donors (Lipinski definition) is 12. The van der Waals surface area contributed by atoms with E-state index < -0.39 is 61.1 Å². The third kappa shape index (κ3) is 9.00. The number of likely N-dealkylation sites (N-methyl/N-ethyl adjacent to an activating group) is 1. The van der Waals surface area contributed by atoms with Gasteiger partial charge in [-0.3, -0.25) is 19.4 Å². The van der Waals surface area contributed by atoms with Crippen LogP contribution in [0.25, 0.3) is 0 Å². The second-order valence-corrected chi connectivity index (χ2v) is 10.4. The molecule has 2 aromatic rings. The van der Waals surface area contributed by atoms with Gasteiger partial charge in [0.25, 0.3) is 11.5 Å². The number of nitrogen functional groups attached to an aromatic ring is 1. The van der Waals surface area contributed by atoms with Gasteiger partial charge in [0.05, 0.1) is 18.7 Å². The minimum Gasteiger partial charge on any atom is -0.481 e. The van der Waals surface area contributed by atoms with E-state index in [-0.39, 0.29) is 36.0 Å². The molecule has 19 heteroatoms. The number of carboxylic acid groups (broad SMARTS) is 2. The average Bonchev–Trinajstić information content (AvgIpc) is 2.99. The van der Waals surface area contributed by atoms with Gasteiger partial charge < -0.3 is 67.7 Å². The van der Waals surface area contributed by atoms with Crippen LogP contribution < -0.4 is 37.9 Å². The Kier molecular flexibility index (Phi) is 12.0. The number of nitrogens with two attached hydrogens (primary N) is 2. The quantitative estimate of drug-likeness (QED) is 0.120. The molecule has 0 bridgehead atoms. The molecule has 4 rings (SSSR count). The number of carbonyl (C=O) groups is 3. The highest BCUT2D eigenvalue weighted by Crippen LogP contribution is 2.25. The molecule has 1 unspecified atom stereocenters. The highest BCUT2D eigenvalue weighted by Gasteiger charge is 2.41. The highest BCUT2D eigenvalue weighted by atomic mass is 16.6. The van der Waals surface area contributed by atoms with Gasteiger partial charge in [0.2, 0.25) is 5.95 Å². The lowest BCUT2D eigenvalue weighted by Gasteiger charge is -2.38. The predicted molar refractivity (Wildman–Crippen MR) is 159 cm³/mol. The van der Waals surface area contributed by atoms with Gasteiger partial charge in [-0.1, -0.05) is 0 Å². The average molecular weight is 639 g/mol. The number of amides is 1. The molecule has 0 spiro atoms. The van der Waals surface area contributed by atoms with Gasteiger partial charge >= 0.3 is 11.9 Å². The van der Waals surface area contributed by atoms with Crippen molar-refractivity contribution in [2.24, 2.45) is 5.73 Å². The lowest BCUT2D eigenvalue weighted by Crippen LogP contribution is -2.61. The van der Waals surface area contributed by atoms with E-state index in [0.29, 0.717) is 24.6 Å². The number of anilines is 4. The number of fused-ring (bicyclic) bond motifs is 1. The minimum absolute atomic E-state index is 0.0388. The number of nitrogens with zero attached hydrogens (tertiary/aromatic N) is 2. The Labute approximate surface area is 255 Å². The molecule has 1 fully saturated rings. The first-order chi connectivity index (χ1) is 21.2. The molecular formula is C26H38N8O11. The zero-order chi connectivity index (χ0) is 33.4. The number of carbonyl (C=O) groups excluding carboxylic acids is 1. The van der Waals surface area contributed by atoms with Gasteiger partial charge in [0, 0.05) is 37.8 Å². The van der Waals surface area contributed by atoms with Crippen molar-refractivity contribution in [2.75, 3.05) is 48.0 Å². The molecule has 3 heterocycles. The molecule has 2 aliphatic heterocycles. The molecule has 19 nitrogen and oxygen atoms in total. The molecule has 0 aliphatic carbocycles. The molecule has 1 amide bonds. The van der Waals surface area contributed by atoms with Gasteiger partial charge in [-0.15, -0.1) is 0 Å². The van der Waals surface area contributed by atoms with Crippen molar-refractivity contribution >= 4 is 41.0 Å². The summed E-state index contributed by atoms with van der Waals surface area (Å²) in [6.07, 6.45) is -5.44. The molecule has 248 valence electrons. The van der Waals surface area contributed by atoms with Crippen molar-refractivity contribution in [1.29, 1.82) is 0 Å². The van der Waals surface area contributed by atoms with E-state index in [1.54, 1.807) is 19.2 Å². The Morgan fingerprint density at radius 2 is 1.82 bits per heavy atom. The number of H-pyrrole nitrogens is 1. The molecule has 14 N–H and O–H groups in total. The van der Waals surface area contributed by atoms with Gasteiger partial charge in [0.1, 0.15) is 30.0 Å². The SMILES string of the molecule is CN1c2c(nc(N)[nH]c2=O)NCC1CNc1ccc(C(=O)N[C@H](CCC(=O)O)C(=O)O)cc1.N[C@@H]1[C@@H](O)[C@H](O)[C@@H](CO)O[C@H]1O. The van der Waals surface area contributed by atoms with E-state index in [4.69, 9.17) is 31.5 Å². The van der Waals surface area contributed by atoms with E-state index in [2.05, 4.69) is 25.9 Å². The summed E-state index contributed by atoms with van der Waals surface area (Å²) in [5, 5.41) is 62.6. The summed E-state index contributed by atoms with van der Waals surface area (Å²) in [5.74, 6) is -2.59. The third-order valence-electron chi connectivity index (χ3n) is 7.21. The Hall–Kier alpha value is -4.53. The normalized spacial score (nSPS) is 24.6. The topological polar surface area (TPSA) is 319 Å². The number of aliphatic hydroxyl groups is 4. The van der Waals surface area contributed by atoms with E-state index in [1.807, 2.05) is 4.90 Å². The van der Waals surface area contributed by atoms with Gasteiger partial charge in [-0.25, -0.2) is 4.79 Å². The molecule has 1 aromatic heterocycles. The molecular weight excluding hydrogens is 600 g/mol. The van der Waals surface area contributed by atoms with Gasteiger partial charge in [-0.2, -0.15) is 4.98 Å². The molecule has 0 saturated carbocycles. The van der Waals surface area contributed by atoms with Crippen LogP contribution in [0, 0.1) is 0 Å². The van der Waals surface area contributed by atoms with Crippen molar-refractivity contribution in [1.82, 2.24) is 15.3 Å². The number of aliphatic hydroxyl groups excluding tert-OH is 4. The van der Waals surface area contributed by atoms with Crippen LogP contribution in [0.1, 0.15) is 23.2 Å². The largest absolute Gasteiger partial charge is 0.481 e. The summed E-state index contributed by atoms with van der Waals surface area (Å²) < 4.78 is 4.70. The van der Waals surface area contributed by atoms with Gasteiger partial charge in [0.15, 0.2) is 12.1 Å². The molecule has 7 atom stereocenters. The van der Waals surface area contributed by atoms with E-state index in [1.165, 1.54) is 12.1 Å². The van der Waals surface area contributed by atoms with E-state index in [9.17, 15) is 34.5 Å². The van der Waals surface area contributed by atoms with Crippen LogP contribution in [-0.4, -0.2) is 128 Å². The molecule has 1 aromatic carbocycles. The summed E-state index contributed by atoms with van der Waals surface area (Å²) in [6, 6.07) is 3.99. The number of aromatic nitrogens is 2. The number of rotatable bonds is 10. The van der Waals surface area contributed by atoms with Crippen molar-refractivity contribution in [3.63, 3.8) is 0 Å². The number of nitrogens with one attached hydrogen (secondary N) is 4. The number of aliphatic carboxylic acids is 2. The lowest BCUT2D eigenvalue weighted by atomic mass is 9.98. The first kappa shape index (κ1) is 35.0. The van der Waals surface area contributed by atoms with Crippen LogP contribution in [-0.2, 0) is 14.3 Å². The summed E-state index contributed by atoms with van der Waals surface area (Å²) >= 11 is 0. The number of hydrogen-bond acceptors (Lipinski definition) is 15. The second kappa shape index (κ2) is 15.5. The third-order valence-corrected chi connectivity index (χ3v) is 7.21. The van der Waals surface area contributed by atoms with Crippen molar-refractivity contribution < 1.29 is 49.8 Å². The first-order valence-electron chi connectivity index (χ1n) is 13.7. The standard InChI is InChI=1S/C20H25N7O6.C6H13NO5/c1-27-12(9-23-16-15(27)18(31)26-20(21)25-16)8-22-11-4-2-10(3-5-11)17(30)24-13(19(32)33)6-7-14(28)29;7-3-5(10)4(9)2(1-8)12-6(3)11/h2-5,12-13,22H,6-9H2,1H3,(H,24,30)(H,28,29)(H,32,33)(H4,21,23,25,26,31);2-6,8-11H,1,7H2/t12?,13-;2-,3-,4-,5-,6-/m11/s1. The van der Waals surface area contributed by atoms with Crippen LogP contribution in [0.4, 0.5) is 23.1 Å². The van der Waals surface area contributed by atoms with Crippen LogP contribution in [0.5, 0.6) is 0 Å². The number of aromatic amines is 1.